The lowest BCUT2D eigenvalue weighted by Crippen LogP contribution is -2.02. The molecule has 0 bridgehead atoms. The molecule has 0 fully saturated rings. The van der Waals surface area contributed by atoms with Crippen LogP contribution in [0.4, 0.5) is 0 Å². The van der Waals surface area contributed by atoms with Gasteiger partial charge in [0.1, 0.15) is 5.69 Å². The molecular weight excluding hydrogens is 420 g/mol. The average Bonchev–Trinajstić information content (AvgIpc) is 2.89. The Morgan fingerprint density at radius 1 is 0.559 bits per heavy atom. The number of pyridine rings is 3. The number of hydrogen-bond donors (Lipinski definition) is 0. The highest BCUT2D eigenvalue weighted by Gasteiger charge is 2.17. The quantitative estimate of drug-likeness (QED) is 0.315. The monoisotopic (exact) mass is 440 g/mol. The molecule has 0 aliphatic carbocycles. The van der Waals surface area contributed by atoms with Gasteiger partial charge < -0.3 is 0 Å². The van der Waals surface area contributed by atoms with Gasteiger partial charge in [-0.05, 0) is 38.1 Å². The number of aryl methyl sites for hydroxylation is 2. The SMILES string of the molecule is Cc1ccc2ccc3c(-c4nc(-c5ccccc5)nc(-c5ccccn5)n4)cc(C)nc3c2n1. The van der Waals surface area contributed by atoms with Crippen LogP contribution in [0.2, 0.25) is 0 Å². The van der Waals surface area contributed by atoms with Crippen molar-refractivity contribution in [2.24, 2.45) is 0 Å². The lowest BCUT2D eigenvalue weighted by molar-refractivity contribution is 1.06. The van der Waals surface area contributed by atoms with E-state index in [2.05, 4.69) is 23.2 Å². The molecule has 6 rings (SSSR count). The molecule has 0 spiro atoms. The topological polar surface area (TPSA) is 77.3 Å². The van der Waals surface area contributed by atoms with Gasteiger partial charge in [0.25, 0.3) is 0 Å². The molecule has 4 heterocycles. The van der Waals surface area contributed by atoms with E-state index in [0.29, 0.717) is 23.2 Å². The molecule has 6 heteroatoms. The van der Waals surface area contributed by atoms with Gasteiger partial charge in [0.15, 0.2) is 17.5 Å². The molecule has 4 aromatic heterocycles. The van der Waals surface area contributed by atoms with E-state index in [-0.39, 0.29) is 0 Å². The van der Waals surface area contributed by atoms with E-state index in [1.54, 1.807) is 6.20 Å². The molecule has 34 heavy (non-hydrogen) atoms. The third-order valence-corrected chi connectivity index (χ3v) is 5.71. The minimum absolute atomic E-state index is 0.529. The van der Waals surface area contributed by atoms with Crippen LogP contribution in [0.25, 0.3) is 56.1 Å². The van der Waals surface area contributed by atoms with Gasteiger partial charge in [-0.15, -0.1) is 0 Å². The van der Waals surface area contributed by atoms with Crippen LogP contribution in [0.5, 0.6) is 0 Å². The zero-order valence-corrected chi connectivity index (χ0v) is 18.8. The minimum Gasteiger partial charge on any atom is -0.253 e. The Hall–Kier alpha value is -4.58. The molecule has 0 amide bonds. The van der Waals surface area contributed by atoms with Crippen molar-refractivity contribution in [1.29, 1.82) is 0 Å². The van der Waals surface area contributed by atoms with Gasteiger partial charge >= 0.3 is 0 Å². The highest BCUT2D eigenvalue weighted by molar-refractivity contribution is 6.07. The molecule has 0 aliphatic rings. The first-order chi connectivity index (χ1) is 16.7. The number of benzene rings is 2. The van der Waals surface area contributed by atoms with Gasteiger partial charge in [-0.1, -0.05) is 54.6 Å². The molecule has 162 valence electrons. The predicted molar refractivity (Wildman–Crippen MR) is 134 cm³/mol. The van der Waals surface area contributed by atoms with Crippen LogP contribution >= 0.6 is 0 Å². The number of fused-ring (bicyclic) bond motifs is 3. The van der Waals surface area contributed by atoms with E-state index in [9.17, 15) is 0 Å². The summed E-state index contributed by atoms with van der Waals surface area (Å²) in [5.41, 5.74) is 6.06. The first-order valence-electron chi connectivity index (χ1n) is 11.1. The third kappa shape index (κ3) is 3.55. The maximum Gasteiger partial charge on any atom is 0.182 e. The molecule has 0 atom stereocenters. The zero-order valence-electron chi connectivity index (χ0n) is 18.8. The van der Waals surface area contributed by atoms with E-state index in [0.717, 1.165) is 44.3 Å². The minimum atomic E-state index is 0.529. The first-order valence-corrected chi connectivity index (χ1v) is 11.1. The third-order valence-electron chi connectivity index (χ3n) is 5.71. The fourth-order valence-electron chi connectivity index (χ4n) is 4.10. The summed E-state index contributed by atoms with van der Waals surface area (Å²) in [7, 11) is 0. The fourth-order valence-corrected chi connectivity index (χ4v) is 4.10. The molecule has 0 radical (unpaired) electrons. The predicted octanol–water partition coefficient (Wildman–Crippen LogP) is 5.98. The van der Waals surface area contributed by atoms with Crippen LogP contribution in [-0.2, 0) is 0 Å². The van der Waals surface area contributed by atoms with E-state index >= 15 is 0 Å². The van der Waals surface area contributed by atoms with Crippen LogP contribution < -0.4 is 0 Å². The normalized spacial score (nSPS) is 11.2. The molecule has 2 aromatic carbocycles. The Morgan fingerprint density at radius 2 is 1.29 bits per heavy atom. The Bertz CT molecular complexity index is 1610. The lowest BCUT2D eigenvalue weighted by Gasteiger charge is -2.12. The van der Waals surface area contributed by atoms with Crippen LogP contribution in [-0.4, -0.2) is 29.9 Å². The molecule has 6 nitrogen and oxygen atoms in total. The van der Waals surface area contributed by atoms with E-state index in [1.165, 1.54) is 0 Å². The number of hydrogen-bond acceptors (Lipinski definition) is 6. The van der Waals surface area contributed by atoms with Crippen molar-refractivity contribution in [1.82, 2.24) is 29.9 Å². The maximum absolute atomic E-state index is 4.89. The summed E-state index contributed by atoms with van der Waals surface area (Å²) < 4.78 is 0. The number of aromatic nitrogens is 6. The molecular formula is C28H20N6. The van der Waals surface area contributed by atoms with Gasteiger partial charge in [-0.2, -0.15) is 0 Å². The zero-order chi connectivity index (χ0) is 23.1. The summed E-state index contributed by atoms with van der Waals surface area (Å²) in [6, 6.07) is 25.9. The van der Waals surface area contributed by atoms with Crippen LogP contribution in [0.3, 0.4) is 0 Å². The molecule has 0 aliphatic heterocycles. The Kier molecular flexibility index (Phi) is 4.77. The smallest absolute Gasteiger partial charge is 0.182 e. The Balaban J connectivity index is 1.66. The fraction of sp³-hybridized carbons (Fsp3) is 0.0714. The van der Waals surface area contributed by atoms with Crippen molar-refractivity contribution in [2.45, 2.75) is 13.8 Å². The second-order valence-corrected chi connectivity index (χ2v) is 8.18. The molecule has 0 N–H and O–H groups in total. The highest BCUT2D eigenvalue weighted by atomic mass is 15.0. The molecule has 0 saturated carbocycles. The van der Waals surface area contributed by atoms with Crippen molar-refractivity contribution in [2.75, 3.05) is 0 Å². The van der Waals surface area contributed by atoms with E-state index < -0.39 is 0 Å². The van der Waals surface area contributed by atoms with Gasteiger partial charge in [-0.25, -0.2) is 15.0 Å². The summed E-state index contributed by atoms with van der Waals surface area (Å²) in [4.78, 5) is 28.6. The maximum atomic E-state index is 4.89. The lowest BCUT2D eigenvalue weighted by atomic mass is 10.0. The summed E-state index contributed by atoms with van der Waals surface area (Å²) in [5, 5.41) is 2.00. The van der Waals surface area contributed by atoms with Crippen molar-refractivity contribution in [3.8, 4) is 34.3 Å². The van der Waals surface area contributed by atoms with E-state index in [4.69, 9.17) is 24.9 Å². The van der Waals surface area contributed by atoms with E-state index in [1.807, 2.05) is 74.5 Å². The number of rotatable bonds is 3. The molecule has 0 saturated heterocycles. The van der Waals surface area contributed by atoms with Crippen LogP contribution in [0, 0.1) is 13.8 Å². The average molecular weight is 441 g/mol. The summed E-state index contributed by atoms with van der Waals surface area (Å²) >= 11 is 0. The Morgan fingerprint density at radius 3 is 2.12 bits per heavy atom. The van der Waals surface area contributed by atoms with Crippen molar-refractivity contribution >= 4 is 21.8 Å². The summed E-state index contributed by atoms with van der Waals surface area (Å²) in [5.74, 6) is 1.71. The van der Waals surface area contributed by atoms with Crippen molar-refractivity contribution < 1.29 is 0 Å². The first kappa shape index (κ1) is 20.1. The summed E-state index contributed by atoms with van der Waals surface area (Å²) in [6.45, 7) is 3.97. The van der Waals surface area contributed by atoms with Crippen molar-refractivity contribution in [3.63, 3.8) is 0 Å². The second kappa shape index (κ2) is 8.08. The van der Waals surface area contributed by atoms with Crippen LogP contribution in [0.15, 0.2) is 85.1 Å². The van der Waals surface area contributed by atoms with Crippen molar-refractivity contribution in [3.05, 3.63) is 96.4 Å². The largest absolute Gasteiger partial charge is 0.253 e. The second-order valence-electron chi connectivity index (χ2n) is 8.18. The standard InChI is InChI=1S/C28H20N6/c1-17-11-12-19-13-14-21-22(16-18(2)31-25(21)24(19)30-17)27-32-26(20-8-4-3-5-9-20)33-28(34-27)23-10-6-7-15-29-23/h3-16H,1-2H3. The molecule has 6 aromatic rings. The molecule has 0 unspecified atom stereocenters. The van der Waals surface area contributed by atoms with Gasteiger partial charge in [0.05, 0.1) is 11.0 Å². The number of nitrogens with zero attached hydrogens (tertiary/aromatic N) is 6. The Labute approximate surface area is 196 Å². The highest BCUT2D eigenvalue weighted by Crippen LogP contribution is 2.32. The van der Waals surface area contributed by atoms with Gasteiger partial charge in [-0.3, -0.25) is 15.0 Å². The summed E-state index contributed by atoms with van der Waals surface area (Å²) in [6.07, 6.45) is 1.74. The van der Waals surface area contributed by atoms with Crippen LogP contribution in [0.1, 0.15) is 11.4 Å². The van der Waals surface area contributed by atoms with Gasteiger partial charge in [0.2, 0.25) is 0 Å². The van der Waals surface area contributed by atoms with Gasteiger partial charge in [0, 0.05) is 39.5 Å².